The lowest BCUT2D eigenvalue weighted by Crippen LogP contribution is -2.09. The summed E-state index contributed by atoms with van der Waals surface area (Å²) in [6.45, 7) is 11.7. The first-order valence-corrected chi connectivity index (χ1v) is 24.9. The molecule has 0 fully saturated rings. The molecule has 0 aliphatic heterocycles. The average molecular weight is 927 g/mol. The highest BCUT2D eigenvalue weighted by atomic mass is 32.1. The number of aromatic nitrogens is 2. The minimum atomic E-state index is 0.409. The maximum atomic E-state index is 12.1. The molecular weight excluding hydrogens is 893 g/mol. The molecule has 0 unspecified atom stereocenters. The molecule has 0 aliphatic rings. The predicted octanol–water partition coefficient (Wildman–Crippen LogP) is 18.6. The van der Waals surface area contributed by atoms with E-state index in [-0.39, 0.29) is 0 Å². The molecule has 0 spiro atoms. The zero-order chi connectivity index (χ0) is 46.4. The summed E-state index contributed by atoms with van der Waals surface area (Å²) in [7, 11) is 0. The number of nitriles is 1. The Kier molecular flexibility index (Phi) is 8.10. The van der Waals surface area contributed by atoms with Crippen LogP contribution in [0.15, 0.2) is 192 Å². The first-order chi connectivity index (χ1) is 34.6. The molecular formula is C63H34N4OS2. The molecule has 0 aliphatic carbocycles. The van der Waals surface area contributed by atoms with Crippen LogP contribution in [0.4, 0.5) is 5.69 Å². The largest absolute Gasteiger partial charge is 0.454 e. The van der Waals surface area contributed by atoms with Gasteiger partial charge in [-0.3, -0.25) is 0 Å². The van der Waals surface area contributed by atoms with Crippen LogP contribution in [0.5, 0.6) is 0 Å². The van der Waals surface area contributed by atoms with Crippen LogP contribution in [0.3, 0.4) is 0 Å². The number of fused-ring (bicyclic) bond motifs is 18. The molecule has 15 rings (SSSR count). The highest BCUT2D eigenvalue weighted by Gasteiger charge is 2.34. The summed E-state index contributed by atoms with van der Waals surface area (Å²) >= 11 is 3.59. The highest BCUT2D eigenvalue weighted by Crippen LogP contribution is 2.55. The van der Waals surface area contributed by atoms with Crippen LogP contribution < -0.4 is 0 Å². The van der Waals surface area contributed by atoms with Crippen LogP contribution in [0.2, 0.25) is 0 Å². The summed E-state index contributed by atoms with van der Waals surface area (Å²) in [5.41, 5.74) is 11.8. The Morgan fingerprint density at radius 2 is 1.03 bits per heavy atom. The maximum absolute atomic E-state index is 12.1. The molecule has 0 atom stereocenters. The van der Waals surface area contributed by atoms with E-state index in [9.17, 15) is 11.8 Å². The zero-order valence-electron chi connectivity index (χ0n) is 37.4. The van der Waals surface area contributed by atoms with Crippen LogP contribution in [0, 0.1) is 24.8 Å². The van der Waals surface area contributed by atoms with Crippen molar-refractivity contribution in [1.82, 2.24) is 9.13 Å². The Hall–Kier alpha value is -8.98. The van der Waals surface area contributed by atoms with Crippen molar-refractivity contribution in [3.63, 3.8) is 0 Å². The molecule has 5 nitrogen and oxygen atoms in total. The van der Waals surface area contributed by atoms with Gasteiger partial charge in [0.2, 0.25) is 5.69 Å². The van der Waals surface area contributed by atoms with E-state index in [1.165, 1.54) is 20.2 Å². The Labute approximate surface area is 407 Å². The number of aryl methyl sites for hydroxylation is 1. The maximum Gasteiger partial charge on any atom is 0.220 e. The van der Waals surface area contributed by atoms with Gasteiger partial charge in [0, 0.05) is 74.4 Å². The van der Waals surface area contributed by atoms with E-state index in [1.54, 1.807) is 22.7 Å². The minimum absolute atomic E-state index is 0.409. The molecule has 5 aromatic heterocycles. The average Bonchev–Trinajstić information content (AvgIpc) is 4.23. The van der Waals surface area contributed by atoms with Crippen LogP contribution in [-0.2, 0) is 0 Å². The van der Waals surface area contributed by atoms with Crippen LogP contribution >= 0.6 is 22.7 Å². The van der Waals surface area contributed by atoms with Crippen molar-refractivity contribution in [2.45, 2.75) is 6.92 Å². The Bertz CT molecular complexity index is 4730. The normalized spacial score (nSPS) is 12.0. The molecule has 324 valence electrons. The van der Waals surface area contributed by atoms with E-state index in [2.05, 4.69) is 166 Å². The molecule has 0 amide bonds. The van der Waals surface area contributed by atoms with E-state index in [4.69, 9.17) is 4.42 Å². The molecule has 15 aromatic rings. The summed E-state index contributed by atoms with van der Waals surface area (Å²) in [6.07, 6.45) is 0. The lowest BCUT2D eigenvalue weighted by Gasteiger charge is -2.26. The molecule has 0 N–H and O–H groups in total. The number of hydrogen-bond donors (Lipinski definition) is 0. The van der Waals surface area contributed by atoms with Crippen LogP contribution in [0.25, 0.3) is 144 Å². The van der Waals surface area contributed by atoms with E-state index in [0.29, 0.717) is 22.5 Å². The summed E-state index contributed by atoms with van der Waals surface area (Å²) in [6, 6.07) is 68.7. The van der Waals surface area contributed by atoms with Gasteiger partial charge in [0.25, 0.3) is 0 Å². The number of thiophene rings is 2. The number of furan rings is 1. The molecule has 0 radical (unpaired) electrons. The fourth-order valence-electron chi connectivity index (χ4n) is 11.6. The SMILES string of the molecule is [C-]#[N+]c1c(-c2ccccc2)c(C#N)c(-n2c3cccc(C)c3c3ccc4c5ccccc5oc4c32)c(-c2ccccc2)c1-n1c2c(ccc3c4ccccc4sc32)c2ccc3c4ccccc4sc3c21. The third-order valence-corrected chi connectivity index (χ3v) is 16.9. The van der Waals surface area contributed by atoms with Crippen molar-refractivity contribution in [2.24, 2.45) is 0 Å². The third kappa shape index (κ3) is 5.12. The van der Waals surface area contributed by atoms with Crippen molar-refractivity contribution >= 4 is 134 Å². The first-order valence-electron chi connectivity index (χ1n) is 23.3. The second kappa shape index (κ2) is 14.5. The quantitative estimate of drug-likeness (QED) is 0.165. The topological polar surface area (TPSA) is 51.1 Å². The van der Waals surface area contributed by atoms with E-state index in [1.807, 2.05) is 48.5 Å². The van der Waals surface area contributed by atoms with Crippen molar-refractivity contribution in [1.29, 1.82) is 5.26 Å². The Morgan fingerprint density at radius 1 is 0.486 bits per heavy atom. The number of hydrogen-bond acceptors (Lipinski definition) is 4. The van der Waals surface area contributed by atoms with Gasteiger partial charge in [0.1, 0.15) is 11.7 Å². The van der Waals surface area contributed by atoms with Gasteiger partial charge >= 0.3 is 0 Å². The van der Waals surface area contributed by atoms with Crippen molar-refractivity contribution in [3.05, 3.63) is 211 Å². The van der Waals surface area contributed by atoms with Gasteiger partial charge in [0.15, 0.2) is 5.58 Å². The second-order valence-corrected chi connectivity index (χ2v) is 20.2. The zero-order valence-corrected chi connectivity index (χ0v) is 39.0. The van der Waals surface area contributed by atoms with Gasteiger partial charge in [-0.25, -0.2) is 4.85 Å². The predicted molar refractivity (Wildman–Crippen MR) is 295 cm³/mol. The second-order valence-electron chi connectivity index (χ2n) is 18.1. The van der Waals surface area contributed by atoms with Crippen molar-refractivity contribution < 1.29 is 4.42 Å². The molecule has 10 aromatic carbocycles. The summed E-state index contributed by atoms with van der Waals surface area (Å²) < 4.78 is 16.4. The number of rotatable bonds is 4. The van der Waals surface area contributed by atoms with Gasteiger partial charge in [-0.2, -0.15) is 5.26 Å². The Morgan fingerprint density at radius 3 is 1.66 bits per heavy atom. The number of benzene rings is 10. The summed E-state index contributed by atoms with van der Waals surface area (Å²) in [4.78, 5) is 4.65. The number of nitrogens with zero attached hydrogens (tertiary/aromatic N) is 4. The van der Waals surface area contributed by atoms with Gasteiger partial charge in [0.05, 0.1) is 55.0 Å². The van der Waals surface area contributed by atoms with Gasteiger partial charge in [-0.1, -0.05) is 158 Å². The minimum Gasteiger partial charge on any atom is -0.454 e. The molecule has 5 heterocycles. The fraction of sp³-hybridized carbons (Fsp3) is 0.0159. The lowest BCUT2D eigenvalue weighted by molar-refractivity contribution is 0.671. The third-order valence-electron chi connectivity index (χ3n) is 14.5. The molecule has 0 bridgehead atoms. The standard InChI is InChI=1S/C63H34N4OS2/c1-35-16-15-24-48-52(35)46-33-30-43-38-21-9-12-25-49(38)68-61(43)57(46)66(48)56-47(34-64)53(36-17-5-3-6-18-36)55(65-2)60(54(56)37-19-7-4-8-20-37)67-58-41(28-31-44-39-22-10-13-26-50(39)69-62(44)58)42-29-32-45-40-23-11-14-27-51(40)70-63(45)59(42)67/h3-33H,1H3. The Balaban J connectivity index is 1.27. The van der Waals surface area contributed by atoms with Gasteiger partial charge < -0.3 is 13.6 Å². The van der Waals surface area contributed by atoms with E-state index < -0.39 is 0 Å². The van der Waals surface area contributed by atoms with Crippen LogP contribution in [-0.4, -0.2) is 9.13 Å². The first kappa shape index (κ1) is 39.1. The summed E-state index contributed by atoms with van der Waals surface area (Å²) in [5.74, 6) is 0. The van der Waals surface area contributed by atoms with E-state index >= 15 is 0 Å². The van der Waals surface area contributed by atoms with Crippen molar-refractivity contribution in [3.8, 4) is 39.7 Å². The lowest BCUT2D eigenvalue weighted by atomic mass is 9.88. The molecule has 70 heavy (non-hydrogen) atoms. The number of para-hydroxylation sites is 1. The van der Waals surface area contributed by atoms with E-state index in [0.717, 1.165) is 114 Å². The fourth-order valence-corrected chi connectivity index (χ4v) is 14.1. The smallest absolute Gasteiger partial charge is 0.220 e. The molecule has 0 saturated heterocycles. The summed E-state index contributed by atoms with van der Waals surface area (Å²) in [5, 5.41) is 23.1. The van der Waals surface area contributed by atoms with Crippen LogP contribution in [0.1, 0.15) is 11.1 Å². The molecule has 0 saturated carbocycles. The van der Waals surface area contributed by atoms with Gasteiger partial charge in [-0.05, 0) is 53.9 Å². The van der Waals surface area contributed by atoms with Crippen molar-refractivity contribution in [2.75, 3.05) is 0 Å². The molecule has 7 heteroatoms. The highest BCUT2D eigenvalue weighted by molar-refractivity contribution is 7.27. The monoisotopic (exact) mass is 926 g/mol. The van der Waals surface area contributed by atoms with Gasteiger partial charge in [-0.15, -0.1) is 22.7 Å².